The first-order valence-corrected chi connectivity index (χ1v) is 5.54. The number of rotatable bonds is 2. The largest absolute Gasteiger partial charge is 0.496 e. The third-order valence-electron chi connectivity index (χ3n) is 2.35. The summed E-state index contributed by atoms with van der Waals surface area (Å²) in [5, 5.41) is 4.11. The van der Waals surface area contributed by atoms with E-state index >= 15 is 0 Å². The molecular formula is C11H12BrN3O. The summed E-state index contributed by atoms with van der Waals surface area (Å²) in [6.45, 7) is 0. The Morgan fingerprint density at radius 3 is 2.62 bits per heavy atom. The van der Waals surface area contributed by atoms with E-state index < -0.39 is 0 Å². The summed E-state index contributed by atoms with van der Waals surface area (Å²) in [7, 11) is 3.51. The van der Waals surface area contributed by atoms with Gasteiger partial charge in [-0.25, -0.2) is 0 Å². The average Bonchev–Trinajstić information content (AvgIpc) is 2.58. The lowest BCUT2D eigenvalue weighted by Gasteiger charge is -2.06. The monoisotopic (exact) mass is 281 g/mol. The topological polar surface area (TPSA) is 53.1 Å². The second-order valence-electron chi connectivity index (χ2n) is 3.43. The fourth-order valence-electron chi connectivity index (χ4n) is 1.59. The number of methoxy groups -OCH3 is 1. The highest BCUT2D eigenvalue weighted by molar-refractivity contribution is 9.10. The molecule has 1 heterocycles. The van der Waals surface area contributed by atoms with E-state index in [9.17, 15) is 0 Å². The predicted molar refractivity (Wildman–Crippen MR) is 67.3 cm³/mol. The van der Waals surface area contributed by atoms with Crippen molar-refractivity contribution in [1.82, 2.24) is 9.78 Å². The molecule has 0 saturated heterocycles. The molecule has 0 aliphatic heterocycles. The fourth-order valence-corrected chi connectivity index (χ4v) is 2.13. The summed E-state index contributed by atoms with van der Waals surface area (Å²) in [5.41, 5.74) is 7.66. The minimum absolute atomic E-state index is 0.518. The minimum atomic E-state index is 0.518. The van der Waals surface area contributed by atoms with Crippen molar-refractivity contribution in [3.8, 4) is 17.0 Å². The molecule has 2 aromatic rings. The van der Waals surface area contributed by atoms with Gasteiger partial charge in [-0.1, -0.05) is 0 Å². The Morgan fingerprint density at radius 1 is 1.38 bits per heavy atom. The van der Waals surface area contributed by atoms with E-state index in [0.29, 0.717) is 5.82 Å². The molecule has 2 N–H and O–H groups in total. The number of anilines is 1. The van der Waals surface area contributed by atoms with Gasteiger partial charge in [-0.2, -0.15) is 5.10 Å². The molecule has 0 amide bonds. The number of aromatic nitrogens is 2. The standard InChI is InChI=1S/C11H12BrN3O/c1-15-9(6-11(13)14-15)7-3-4-10(16-2)8(12)5-7/h3-6H,1-2H3,(H2,13,14). The van der Waals surface area contributed by atoms with E-state index in [1.165, 1.54) is 0 Å². The van der Waals surface area contributed by atoms with Crippen molar-refractivity contribution in [3.63, 3.8) is 0 Å². The zero-order valence-electron chi connectivity index (χ0n) is 9.07. The van der Waals surface area contributed by atoms with Gasteiger partial charge in [-0.05, 0) is 34.1 Å². The molecule has 0 bridgehead atoms. The first kappa shape index (κ1) is 11.0. The molecule has 5 heteroatoms. The van der Waals surface area contributed by atoms with Crippen LogP contribution in [-0.4, -0.2) is 16.9 Å². The van der Waals surface area contributed by atoms with Crippen LogP contribution < -0.4 is 10.5 Å². The molecule has 0 aliphatic rings. The molecular weight excluding hydrogens is 270 g/mol. The molecule has 4 nitrogen and oxygen atoms in total. The highest BCUT2D eigenvalue weighted by Crippen LogP contribution is 2.30. The van der Waals surface area contributed by atoms with Crippen molar-refractivity contribution >= 4 is 21.7 Å². The van der Waals surface area contributed by atoms with Crippen molar-refractivity contribution < 1.29 is 4.74 Å². The number of benzene rings is 1. The van der Waals surface area contributed by atoms with Crippen LogP contribution in [0.2, 0.25) is 0 Å². The molecule has 1 aromatic carbocycles. The van der Waals surface area contributed by atoms with Crippen LogP contribution in [0.5, 0.6) is 5.75 Å². The van der Waals surface area contributed by atoms with E-state index in [0.717, 1.165) is 21.5 Å². The van der Waals surface area contributed by atoms with Crippen LogP contribution in [0.4, 0.5) is 5.82 Å². The zero-order chi connectivity index (χ0) is 11.7. The second kappa shape index (κ2) is 4.17. The van der Waals surface area contributed by atoms with Gasteiger partial charge in [0.15, 0.2) is 0 Å². The zero-order valence-corrected chi connectivity index (χ0v) is 10.7. The van der Waals surface area contributed by atoms with Crippen molar-refractivity contribution in [1.29, 1.82) is 0 Å². The number of hydrogen-bond acceptors (Lipinski definition) is 3. The summed E-state index contributed by atoms with van der Waals surface area (Å²) in [6, 6.07) is 7.70. The number of nitrogen functional groups attached to an aromatic ring is 1. The second-order valence-corrected chi connectivity index (χ2v) is 4.28. The van der Waals surface area contributed by atoms with Gasteiger partial charge in [0, 0.05) is 18.7 Å². The van der Waals surface area contributed by atoms with Crippen LogP contribution in [0.3, 0.4) is 0 Å². The lowest BCUT2D eigenvalue weighted by Crippen LogP contribution is -1.95. The van der Waals surface area contributed by atoms with Crippen molar-refractivity contribution in [2.24, 2.45) is 7.05 Å². The van der Waals surface area contributed by atoms with Crippen molar-refractivity contribution in [2.45, 2.75) is 0 Å². The summed E-state index contributed by atoms with van der Waals surface area (Å²) in [4.78, 5) is 0. The van der Waals surface area contributed by atoms with Gasteiger partial charge in [-0.15, -0.1) is 0 Å². The molecule has 0 atom stereocenters. The van der Waals surface area contributed by atoms with Gasteiger partial charge < -0.3 is 10.5 Å². The molecule has 0 radical (unpaired) electrons. The third kappa shape index (κ3) is 1.90. The predicted octanol–water partition coefficient (Wildman–Crippen LogP) is 2.44. The Labute approximate surface area is 102 Å². The maximum atomic E-state index is 5.64. The summed E-state index contributed by atoms with van der Waals surface area (Å²) < 4.78 is 7.84. The highest BCUT2D eigenvalue weighted by atomic mass is 79.9. The SMILES string of the molecule is COc1ccc(-c2cc(N)nn2C)cc1Br. The lowest BCUT2D eigenvalue weighted by atomic mass is 10.1. The number of ether oxygens (including phenoxy) is 1. The minimum Gasteiger partial charge on any atom is -0.496 e. The number of halogens is 1. The first-order chi connectivity index (χ1) is 7.61. The summed E-state index contributed by atoms with van der Waals surface area (Å²) in [5.74, 6) is 1.32. The third-order valence-corrected chi connectivity index (χ3v) is 2.97. The summed E-state index contributed by atoms with van der Waals surface area (Å²) >= 11 is 3.45. The van der Waals surface area contributed by atoms with Crippen molar-refractivity contribution in [3.05, 3.63) is 28.7 Å². The number of nitrogens with zero attached hydrogens (tertiary/aromatic N) is 2. The van der Waals surface area contributed by atoms with E-state index in [-0.39, 0.29) is 0 Å². The summed E-state index contributed by atoms with van der Waals surface area (Å²) in [6.07, 6.45) is 0. The molecule has 16 heavy (non-hydrogen) atoms. The molecule has 1 aromatic heterocycles. The molecule has 0 spiro atoms. The Hall–Kier alpha value is -1.49. The van der Waals surface area contributed by atoms with E-state index in [1.54, 1.807) is 11.8 Å². The number of aryl methyl sites for hydroxylation is 1. The smallest absolute Gasteiger partial charge is 0.146 e. The Morgan fingerprint density at radius 2 is 2.12 bits per heavy atom. The molecule has 84 valence electrons. The van der Waals surface area contributed by atoms with Crippen LogP contribution >= 0.6 is 15.9 Å². The molecule has 0 saturated carbocycles. The molecule has 0 aliphatic carbocycles. The van der Waals surface area contributed by atoms with Crippen LogP contribution in [0, 0.1) is 0 Å². The normalized spacial score (nSPS) is 10.4. The highest BCUT2D eigenvalue weighted by Gasteiger charge is 2.08. The first-order valence-electron chi connectivity index (χ1n) is 4.75. The van der Waals surface area contributed by atoms with Gasteiger partial charge in [0.05, 0.1) is 17.3 Å². The van der Waals surface area contributed by atoms with Crippen LogP contribution in [0.15, 0.2) is 28.7 Å². The quantitative estimate of drug-likeness (QED) is 0.920. The maximum absolute atomic E-state index is 5.64. The van der Waals surface area contributed by atoms with Gasteiger partial charge in [0.2, 0.25) is 0 Å². The lowest BCUT2D eigenvalue weighted by molar-refractivity contribution is 0.412. The van der Waals surface area contributed by atoms with E-state index in [4.69, 9.17) is 10.5 Å². The maximum Gasteiger partial charge on any atom is 0.146 e. The van der Waals surface area contributed by atoms with Gasteiger partial charge >= 0.3 is 0 Å². The number of nitrogens with two attached hydrogens (primary N) is 1. The van der Waals surface area contributed by atoms with Crippen LogP contribution in [0.25, 0.3) is 11.3 Å². The number of hydrogen-bond donors (Lipinski definition) is 1. The van der Waals surface area contributed by atoms with Crippen molar-refractivity contribution in [2.75, 3.05) is 12.8 Å². The van der Waals surface area contributed by atoms with E-state index in [1.807, 2.05) is 31.3 Å². The Kier molecular flexibility index (Phi) is 2.87. The molecule has 2 rings (SSSR count). The van der Waals surface area contributed by atoms with Gasteiger partial charge in [0.25, 0.3) is 0 Å². The van der Waals surface area contributed by atoms with Crippen LogP contribution in [-0.2, 0) is 7.05 Å². The molecule has 0 unspecified atom stereocenters. The van der Waals surface area contributed by atoms with E-state index in [2.05, 4.69) is 21.0 Å². The average molecular weight is 282 g/mol. The Balaban J connectivity index is 2.49. The molecule has 0 fully saturated rings. The van der Waals surface area contributed by atoms with Crippen LogP contribution in [0.1, 0.15) is 0 Å². The van der Waals surface area contributed by atoms with Gasteiger partial charge in [-0.3, -0.25) is 4.68 Å². The Bertz CT molecular complexity index is 522. The fraction of sp³-hybridized carbons (Fsp3) is 0.182. The van der Waals surface area contributed by atoms with Gasteiger partial charge in [0.1, 0.15) is 11.6 Å².